The zero-order chi connectivity index (χ0) is 10.8. The minimum absolute atomic E-state index is 0.730. The molecule has 2 fully saturated rings. The maximum atomic E-state index is 10.6. The normalized spacial score (nSPS) is 36.8. The van der Waals surface area contributed by atoms with Crippen LogP contribution in [0.25, 0.3) is 0 Å². The Morgan fingerprint density at radius 2 is 2.27 bits per heavy atom. The highest BCUT2D eigenvalue weighted by Gasteiger charge is 2.40. The fraction of sp³-hybridized carbons (Fsp3) is 0.615. The molecule has 0 aromatic heterocycles. The molecule has 0 bridgehead atoms. The number of hydrogen-bond acceptors (Lipinski definition) is 1. The number of rotatable bonds is 3. The SMILES string of the molecule is C=CCC1CCC2CC(=CC(=O)O)CC12. The van der Waals surface area contributed by atoms with Crippen molar-refractivity contribution in [3.8, 4) is 0 Å². The topological polar surface area (TPSA) is 37.3 Å². The Bertz CT molecular complexity index is 304. The highest BCUT2D eigenvalue weighted by atomic mass is 16.4. The van der Waals surface area contributed by atoms with Crippen molar-refractivity contribution in [1.29, 1.82) is 0 Å². The zero-order valence-corrected chi connectivity index (χ0v) is 8.98. The highest BCUT2D eigenvalue weighted by Crippen LogP contribution is 2.50. The van der Waals surface area contributed by atoms with Crippen LogP contribution in [0.15, 0.2) is 24.3 Å². The Hall–Kier alpha value is -1.05. The molecular weight excluding hydrogens is 188 g/mol. The van der Waals surface area contributed by atoms with Gasteiger partial charge in [-0.15, -0.1) is 6.58 Å². The van der Waals surface area contributed by atoms with Gasteiger partial charge in [-0.3, -0.25) is 0 Å². The minimum Gasteiger partial charge on any atom is -0.478 e. The van der Waals surface area contributed by atoms with Gasteiger partial charge in [-0.25, -0.2) is 4.79 Å². The van der Waals surface area contributed by atoms with Gasteiger partial charge in [0.25, 0.3) is 0 Å². The molecule has 0 aromatic rings. The van der Waals surface area contributed by atoms with E-state index in [1.165, 1.54) is 18.9 Å². The first-order valence-corrected chi connectivity index (χ1v) is 5.74. The van der Waals surface area contributed by atoms with Gasteiger partial charge in [0.1, 0.15) is 0 Å². The van der Waals surface area contributed by atoms with E-state index in [4.69, 9.17) is 5.11 Å². The number of aliphatic carboxylic acids is 1. The molecule has 0 saturated heterocycles. The summed E-state index contributed by atoms with van der Waals surface area (Å²) in [6.07, 6.45) is 9.14. The van der Waals surface area contributed by atoms with E-state index in [0.29, 0.717) is 0 Å². The summed E-state index contributed by atoms with van der Waals surface area (Å²) in [7, 11) is 0. The van der Waals surface area contributed by atoms with Crippen molar-refractivity contribution in [1.82, 2.24) is 0 Å². The molecule has 0 radical (unpaired) electrons. The zero-order valence-electron chi connectivity index (χ0n) is 8.98. The molecule has 15 heavy (non-hydrogen) atoms. The lowest BCUT2D eigenvalue weighted by atomic mass is 9.89. The van der Waals surface area contributed by atoms with E-state index in [1.54, 1.807) is 0 Å². The maximum absolute atomic E-state index is 10.6. The first kappa shape index (κ1) is 10.5. The summed E-state index contributed by atoms with van der Waals surface area (Å²) in [5.41, 5.74) is 1.14. The summed E-state index contributed by atoms with van der Waals surface area (Å²) in [6.45, 7) is 3.80. The van der Waals surface area contributed by atoms with Crippen LogP contribution in [0.2, 0.25) is 0 Å². The van der Waals surface area contributed by atoms with Gasteiger partial charge in [0.15, 0.2) is 0 Å². The summed E-state index contributed by atoms with van der Waals surface area (Å²) in [5, 5.41) is 8.71. The number of carbonyl (C=O) groups is 1. The highest BCUT2D eigenvalue weighted by molar-refractivity contribution is 5.80. The number of carboxylic acids is 1. The Kier molecular flexibility index (Phi) is 2.94. The van der Waals surface area contributed by atoms with Crippen LogP contribution >= 0.6 is 0 Å². The van der Waals surface area contributed by atoms with Crippen LogP contribution in [0.4, 0.5) is 0 Å². The van der Waals surface area contributed by atoms with Crippen molar-refractivity contribution in [2.45, 2.75) is 32.1 Å². The average Bonchev–Trinajstić information content (AvgIpc) is 2.67. The third kappa shape index (κ3) is 2.14. The molecular formula is C13H18O2. The summed E-state index contributed by atoms with van der Waals surface area (Å²) >= 11 is 0. The van der Waals surface area contributed by atoms with Gasteiger partial charge in [-0.1, -0.05) is 11.6 Å². The molecule has 0 aromatic carbocycles. The molecule has 82 valence electrons. The van der Waals surface area contributed by atoms with E-state index in [9.17, 15) is 4.79 Å². The number of fused-ring (bicyclic) bond motifs is 1. The monoisotopic (exact) mass is 206 g/mol. The molecule has 1 N–H and O–H groups in total. The van der Waals surface area contributed by atoms with Crippen LogP contribution < -0.4 is 0 Å². The predicted octanol–water partition coefficient (Wildman–Crippen LogP) is 3.01. The molecule has 2 nitrogen and oxygen atoms in total. The van der Waals surface area contributed by atoms with Gasteiger partial charge < -0.3 is 5.11 Å². The molecule has 2 aliphatic rings. The third-order valence-electron chi connectivity index (χ3n) is 3.94. The smallest absolute Gasteiger partial charge is 0.328 e. The molecule has 2 rings (SSSR count). The van der Waals surface area contributed by atoms with Gasteiger partial charge >= 0.3 is 5.97 Å². The van der Waals surface area contributed by atoms with Gasteiger partial charge in [0, 0.05) is 6.08 Å². The molecule has 2 heteroatoms. The lowest BCUT2D eigenvalue weighted by Gasteiger charge is -2.15. The second-order valence-corrected chi connectivity index (χ2v) is 4.83. The maximum Gasteiger partial charge on any atom is 0.328 e. The largest absolute Gasteiger partial charge is 0.478 e. The molecule has 0 spiro atoms. The third-order valence-corrected chi connectivity index (χ3v) is 3.94. The summed E-state index contributed by atoms with van der Waals surface area (Å²) in [6, 6.07) is 0. The van der Waals surface area contributed by atoms with Crippen molar-refractivity contribution >= 4 is 5.97 Å². The fourth-order valence-corrected chi connectivity index (χ4v) is 3.35. The van der Waals surface area contributed by atoms with Gasteiger partial charge in [0.2, 0.25) is 0 Å². The van der Waals surface area contributed by atoms with Crippen LogP contribution in [-0.4, -0.2) is 11.1 Å². The Morgan fingerprint density at radius 3 is 2.93 bits per heavy atom. The van der Waals surface area contributed by atoms with Crippen molar-refractivity contribution < 1.29 is 9.90 Å². The summed E-state index contributed by atoms with van der Waals surface area (Å²) < 4.78 is 0. The van der Waals surface area contributed by atoms with E-state index >= 15 is 0 Å². The molecule has 2 aliphatic carbocycles. The second kappa shape index (κ2) is 4.21. The van der Waals surface area contributed by atoms with Crippen molar-refractivity contribution in [2.75, 3.05) is 0 Å². The van der Waals surface area contributed by atoms with Crippen LogP contribution in [-0.2, 0) is 4.79 Å². The molecule has 0 aliphatic heterocycles. The summed E-state index contributed by atoms with van der Waals surface area (Å²) in [4.78, 5) is 10.6. The van der Waals surface area contributed by atoms with Gasteiger partial charge in [-0.05, 0) is 49.9 Å². The number of hydrogen-bond donors (Lipinski definition) is 1. The van der Waals surface area contributed by atoms with Crippen LogP contribution in [0.5, 0.6) is 0 Å². The lowest BCUT2D eigenvalue weighted by Crippen LogP contribution is -2.08. The van der Waals surface area contributed by atoms with E-state index in [-0.39, 0.29) is 0 Å². The van der Waals surface area contributed by atoms with Crippen molar-refractivity contribution in [3.05, 3.63) is 24.3 Å². The standard InChI is InChI=1S/C13H18O2/c1-2-3-10-4-5-11-6-9(7-12(10)11)8-13(14)15/h2,8,10-12H,1,3-7H2,(H,14,15). The minimum atomic E-state index is -0.787. The first-order valence-electron chi connectivity index (χ1n) is 5.74. The summed E-state index contributed by atoms with van der Waals surface area (Å²) in [5.74, 6) is 1.45. The molecule has 2 saturated carbocycles. The van der Waals surface area contributed by atoms with Gasteiger partial charge in [-0.2, -0.15) is 0 Å². The molecule has 3 unspecified atom stereocenters. The molecule has 0 heterocycles. The van der Waals surface area contributed by atoms with E-state index in [1.807, 2.05) is 6.08 Å². The van der Waals surface area contributed by atoms with Crippen LogP contribution in [0.1, 0.15) is 32.1 Å². The number of allylic oxidation sites excluding steroid dienone is 2. The molecule has 0 amide bonds. The average molecular weight is 206 g/mol. The quantitative estimate of drug-likeness (QED) is 0.569. The first-order chi connectivity index (χ1) is 7.20. The Morgan fingerprint density at radius 1 is 1.47 bits per heavy atom. The van der Waals surface area contributed by atoms with Crippen molar-refractivity contribution in [2.24, 2.45) is 17.8 Å². The van der Waals surface area contributed by atoms with Crippen molar-refractivity contribution in [3.63, 3.8) is 0 Å². The van der Waals surface area contributed by atoms with Gasteiger partial charge in [0.05, 0.1) is 0 Å². The Labute approximate surface area is 90.7 Å². The van der Waals surface area contributed by atoms with E-state index < -0.39 is 5.97 Å². The van der Waals surface area contributed by atoms with E-state index in [2.05, 4.69) is 6.58 Å². The Balaban J connectivity index is 2.02. The predicted molar refractivity (Wildman–Crippen MR) is 59.5 cm³/mol. The fourth-order valence-electron chi connectivity index (χ4n) is 3.35. The molecule has 3 atom stereocenters. The number of carboxylic acid groups (broad SMARTS) is 1. The van der Waals surface area contributed by atoms with Crippen LogP contribution in [0, 0.1) is 17.8 Å². The lowest BCUT2D eigenvalue weighted by molar-refractivity contribution is -0.131. The van der Waals surface area contributed by atoms with Crippen LogP contribution in [0.3, 0.4) is 0 Å². The second-order valence-electron chi connectivity index (χ2n) is 4.83. The van der Waals surface area contributed by atoms with E-state index in [0.717, 1.165) is 42.6 Å².